The molecule has 4 rings (SSSR count). The van der Waals surface area contributed by atoms with Gasteiger partial charge in [-0.15, -0.1) is 0 Å². The number of nitrogens with zero attached hydrogens (tertiary/aromatic N) is 2. The average Bonchev–Trinajstić information content (AvgIpc) is 3.22. The van der Waals surface area contributed by atoms with Gasteiger partial charge in [-0.2, -0.15) is 0 Å². The van der Waals surface area contributed by atoms with Crippen molar-refractivity contribution in [3.63, 3.8) is 0 Å². The molecule has 0 saturated heterocycles. The van der Waals surface area contributed by atoms with Crippen LogP contribution in [0.5, 0.6) is 0 Å². The van der Waals surface area contributed by atoms with Crippen molar-refractivity contribution in [1.82, 2.24) is 0 Å². The first-order valence-corrected chi connectivity index (χ1v) is 8.48. The molecule has 1 fully saturated rings. The van der Waals surface area contributed by atoms with E-state index in [1.54, 1.807) is 0 Å². The average molecular weight is 328 g/mol. The molecule has 1 N–H and O–H groups in total. The Morgan fingerprint density at radius 1 is 1.05 bits per heavy atom. The number of rotatable bonds is 4. The van der Waals surface area contributed by atoms with Crippen LogP contribution >= 0.6 is 0 Å². The van der Waals surface area contributed by atoms with E-state index < -0.39 is 0 Å². The van der Waals surface area contributed by atoms with Gasteiger partial charge in [0.15, 0.2) is 0 Å². The molecule has 0 bridgehead atoms. The molecule has 1 saturated carbocycles. The van der Waals surface area contributed by atoms with E-state index >= 15 is 0 Å². The standard InChI is InChI=1S/C16H15N3Se/c1-2-5-13(11-8-9-11)12(4-1)10-17-14-6-3-7-15-16(14)19-20-18-15/h1-7,11,17H,8-10H2. The molecular weight excluding hydrogens is 313 g/mol. The van der Waals surface area contributed by atoms with E-state index in [0.717, 1.165) is 29.5 Å². The second kappa shape index (κ2) is 5.04. The van der Waals surface area contributed by atoms with Crippen LogP contribution in [0.2, 0.25) is 0 Å². The quantitative estimate of drug-likeness (QED) is 0.702. The zero-order valence-corrected chi connectivity index (χ0v) is 12.8. The second-order valence-corrected chi connectivity index (χ2v) is 6.37. The molecule has 4 heteroatoms. The number of anilines is 1. The van der Waals surface area contributed by atoms with E-state index in [4.69, 9.17) is 0 Å². The fourth-order valence-corrected chi connectivity index (χ4v) is 3.78. The molecule has 2 aliphatic rings. The normalized spacial score (nSPS) is 15.8. The topological polar surface area (TPSA) is 36.8 Å². The molecule has 20 heavy (non-hydrogen) atoms. The summed E-state index contributed by atoms with van der Waals surface area (Å²) in [7, 11) is 0. The predicted octanol–water partition coefficient (Wildman–Crippen LogP) is 4.52. The summed E-state index contributed by atoms with van der Waals surface area (Å²) in [5, 5.41) is 3.54. The van der Waals surface area contributed by atoms with Crippen LogP contribution in [0.4, 0.5) is 17.1 Å². The monoisotopic (exact) mass is 329 g/mol. The summed E-state index contributed by atoms with van der Waals surface area (Å²) in [6.45, 7) is 0.867. The molecule has 2 aromatic carbocycles. The van der Waals surface area contributed by atoms with Crippen LogP contribution in [0, 0.1) is 0 Å². The van der Waals surface area contributed by atoms with Crippen molar-refractivity contribution in [2.24, 2.45) is 7.92 Å². The Labute approximate surface area is 124 Å². The fourth-order valence-electron chi connectivity index (χ4n) is 2.63. The maximum atomic E-state index is 4.51. The molecule has 0 aromatic heterocycles. The Balaban J connectivity index is 1.57. The Morgan fingerprint density at radius 3 is 2.85 bits per heavy atom. The first kappa shape index (κ1) is 12.1. The van der Waals surface area contributed by atoms with Crippen LogP contribution in [-0.4, -0.2) is 14.6 Å². The second-order valence-electron chi connectivity index (χ2n) is 5.26. The van der Waals surface area contributed by atoms with Crippen molar-refractivity contribution in [3.8, 4) is 0 Å². The van der Waals surface area contributed by atoms with Crippen molar-refractivity contribution < 1.29 is 0 Å². The van der Waals surface area contributed by atoms with Crippen LogP contribution in [0.1, 0.15) is 29.9 Å². The minimum atomic E-state index is 0.0338. The van der Waals surface area contributed by atoms with Crippen molar-refractivity contribution in [2.75, 3.05) is 5.32 Å². The molecule has 2 aromatic rings. The van der Waals surface area contributed by atoms with Crippen molar-refractivity contribution >= 4 is 31.6 Å². The summed E-state index contributed by atoms with van der Waals surface area (Å²) < 4.78 is 8.94. The molecule has 0 atom stereocenters. The molecule has 1 heterocycles. The summed E-state index contributed by atoms with van der Waals surface area (Å²) in [5.41, 5.74) is 6.10. The van der Waals surface area contributed by atoms with Crippen molar-refractivity contribution in [2.45, 2.75) is 25.3 Å². The number of fused-ring (bicyclic) bond motifs is 1. The third kappa shape index (κ3) is 2.26. The van der Waals surface area contributed by atoms with E-state index in [0.29, 0.717) is 0 Å². The molecule has 0 radical (unpaired) electrons. The first-order valence-electron chi connectivity index (χ1n) is 6.95. The molecular formula is C16H15N3Se. The molecule has 100 valence electrons. The zero-order valence-electron chi connectivity index (χ0n) is 11.0. The molecule has 0 amide bonds. The number of nitrogens with one attached hydrogen (secondary N) is 1. The fraction of sp³-hybridized carbons (Fsp3) is 0.250. The van der Waals surface area contributed by atoms with Gasteiger partial charge < -0.3 is 0 Å². The Bertz CT molecular complexity index is 728. The SMILES string of the molecule is c1ccc(C2CC2)c(CNc2cccc3c2N=[Se]=N3)c1. The zero-order chi connectivity index (χ0) is 13.4. The first-order chi connectivity index (χ1) is 9.92. The van der Waals surface area contributed by atoms with Crippen LogP contribution in [0.25, 0.3) is 0 Å². The molecule has 1 aliphatic carbocycles. The van der Waals surface area contributed by atoms with Crippen LogP contribution < -0.4 is 5.32 Å². The molecule has 1 aliphatic heterocycles. The van der Waals surface area contributed by atoms with Gasteiger partial charge in [-0.1, -0.05) is 0 Å². The van der Waals surface area contributed by atoms with E-state index in [1.165, 1.54) is 24.0 Å². The number of hydrogen-bond donors (Lipinski definition) is 1. The molecule has 3 nitrogen and oxygen atoms in total. The summed E-state index contributed by atoms with van der Waals surface area (Å²) in [6, 6.07) is 15.0. The maximum absolute atomic E-state index is 4.51. The van der Waals surface area contributed by atoms with Gasteiger partial charge in [0, 0.05) is 0 Å². The van der Waals surface area contributed by atoms with Gasteiger partial charge in [-0.25, -0.2) is 0 Å². The number of hydrogen-bond acceptors (Lipinski definition) is 3. The van der Waals surface area contributed by atoms with Gasteiger partial charge in [-0.3, -0.25) is 0 Å². The van der Waals surface area contributed by atoms with Crippen LogP contribution in [0.15, 0.2) is 50.4 Å². The Kier molecular flexibility index (Phi) is 3.06. The summed E-state index contributed by atoms with van der Waals surface area (Å²) in [6.07, 6.45) is 2.68. The summed E-state index contributed by atoms with van der Waals surface area (Å²) >= 11 is 0.0338. The van der Waals surface area contributed by atoms with E-state index in [-0.39, 0.29) is 14.6 Å². The summed E-state index contributed by atoms with van der Waals surface area (Å²) in [5.74, 6) is 0.789. The Morgan fingerprint density at radius 2 is 1.95 bits per heavy atom. The van der Waals surface area contributed by atoms with Crippen molar-refractivity contribution in [1.29, 1.82) is 0 Å². The third-order valence-corrected chi connectivity index (χ3v) is 4.97. The predicted molar refractivity (Wildman–Crippen MR) is 82.1 cm³/mol. The van der Waals surface area contributed by atoms with Crippen molar-refractivity contribution in [3.05, 3.63) is 53.6 Å². The molecule has 0 spiro atoms. The van der Waals surface area contributed by atoms with Gasteiger partial charge in [0.2, 0.25) is 0 Å². The van der Waals surface area contributed by atoms with Gasteiger partial charge in [-0.05, 0) is 0 Å². The van der Waals surface area contributed by atoms with Gasteiger partial charge in [0.1, 0.15) is 0 Å². The molecule has 0 unspecified atom stereocenters. The van der Waals surface area contributed by atoms with Gasteiger partial charge >= 0.3 is 124 Å². The van der Waals surface area contributed by atoms with E-state index in [9.17, 15) is 0 Å². The van der Waals surface area contributed by atoms with E-state index in [1.807, 2.05) is 12.1 Å². The number of benzene rings is 2. The van der Waals surface area contributed by atoms with Crippen LogP contribution in [0.3, 0.4) is 0 Å². The van der Waals surface area contributed by atoms with Crippen LogP contribution in [-0.2, 0) is 6.54 Å². The van der Waals surface area contributed by atoms with Gasteiger partial charge in [0.25, 0.3) is 0 Å². The van der Waals surface area contributed by atoms with Gasteiger partial charge in [0.05, 0.1) is 0 Å². The van der Waals surface area contributed by atoms with E-state index in [2.05, 4.69) is 43.6 Å². The summed E-state index contributed by atoms with van der Waals surface area (Å²) in [4.78, 5) is 0. The minimum absolute atomic E-state index is 0.0338. The Hall–Kier alpha value is -1.64. The third-order valence-electron chi connectivity index (χ3n) is 3.83.